The average Bonchev–Trinajstić information content (AvgIpc) is 2.84. The quantitative estimate of drug-likeness (QED) is 0.462. The Morgan fingerprint density at radius 3 is 2.19 bits per heavy atom. The molecule has 2 amide bonds. The van der Waals surface area contributed by atoms with E-state index in [1.165, 1.54) is 12.0 Å². The standard InChI is InChI=1S/C26H37N3O6S/c1-8-19(3)27-26(31)20(4)28(16-21-10-12-22(34-5)13-11-21)25(30)17-29(36(7,32)33)23-15-18(2)9-14-24(23)35-6/h9-15,19-20H,8,16-17H2,1-7H3,(H,27,31)/t19-,20-/m0/s1. The minimum atomic E-state index is -3.86. The molecule has 0 radical (unpaired) electrons. The smallest absolute Gasteiger partial charge is 0.244 e. The van der Waals surface area contributed by atoms with Gasteiger partial charge in [0.1, 0.15) is 24.1 Å². The van der Waals surface area contributed by atoms with Crippen molar-refractivity contribution < 1.29 is 27.5 Å². The van der Waals surface area contributed by atoms with Crippen molar-refractivity contribution in [2.75, 3.05) is 31.3 Å². The molecule has 0 aliphatic heterocycles. The van der Waals surface area contributed by atoms with Crippen LogP contribution >= 0.6 is 0 Å². The number of carbonyl (C=O) groups is 2. The van der Waals surface area contributed by atoms with E-state index in [9.17, 15) is 18.0 Å². The lowest BCUT2D eigenvalue weighted by atomic mass is 10.1. The second-order valence-corrected chi connectivity index (χ2v) is 10.7. The maximum Gasteiger partial charge on any atom is 0.244 e. The summed E-state index contributed by atoms with van der Waals surface area (Å²) in [6.45, 7) is 6.92. The number of nitrogens with zero attached hydrogens (tertiary/aromatic N) is 2. The zero-order valence-corrected chi connectivity index (χ0v) is 22.9. The van der Waals surface area contributed by atoms with Crippen LogP contribution in [-0.4, -0.2) is 64.2 Å². The molecule has 0 fully saturated rings. The summed E-state index contributed by atoms with van der Waals surface area (Å²) in [4.78, 5) is 28.0. The fraction of sp³-hybridized carbons (Fsp3) is 0.462. The van der Waals surface area contributed by atoms with E-state index in [4.69, 9.17) is 9.47 Å². The summed E-state index contributed by atoms with van der Waals surface area (Å²) in [5.41, 5.74) is 1.84. The van der Waals surface area contributed by atoms with Gasteiger partial charge in [0.15, 0.2) is 0 Å². The summed E-state index contributed by atoms with van der Waals surface area (Å²) in [6.07, 6.45) is 1.77. The molecule has 0 saturated carbocycles. The predicted molar refractivity (Wildman–Crippen MR) is 141 cm³/mol. The number of amides is 2. The van der Waals surface area contributed by atoms with E-state index < -0.39 is 28.5 Å². The number of carbonyl (C=O) groups excluding carboxylic acids is 2. The summed E-state index contributed by atoms with van der Waals surface area (Å²) >= 11 is 0. The summed E-state index contributed by atoms with van der Waals surface area (Å²) in [6, 6.07) is 11.3. The molecular formula is C26H37N3O6S. The Bertz CT molecular complexity index is 1150. The van der Waals surface area contributed by atoms with Gasteiger partial charge in [-0.05, 0) is 62.6 Å². The monoisotopic (exact) mass is 519 g/mol. The van der Waals surface area contributed by atoms with Crippen LogP contribution in [0.5, 0.6) is 11.5 Å². The lowest BCUT2D eigenvalue weighted by molar-refractivity contribution is -0.139. The number of ether oxygens (including phenoxy) is 2. The van der Waals surface area contributed by atoms with Crippen LogP contribution < -0.4 is 19.1 Å². The van der Waals surface area contributed by atoms with E-state index in [1.807, 2.05) is 20.8 Å². The van der Waals surface area contributed by atoms with E-state index in [2.05, 4.69) is 5.32 Å². The molecule has 0 saturated heterocycles. The first-order valence-electron chi connectivity index (χ1n) is 11.8. The molecule has 198 valence electrons. The third-order valence-electron chi connectivity index (χ3n) is 5.96. The SMILES string of the molecule is CC[C@H](C)NC(=O)[C@H](C)N(Cc1ccc(OC)cc1)C(=O)CN(c1cc(C)ccc1OC)S(C)(=O)=O. The van der Waals surface area contributed by atoms with Gasteiger partial charge in [-0.2, -0.15) is 0 Å². The van der Waals surface area contributed by atoms with Gasteiger partial charge < -0.3 is 19.7 Å². The Balaban J connectivity index is 2.45. The molecule has 0 heterocycles. The minimum absolute atomic E-state index is 0.0676. The Morgan fingerprint density at radius 1 is 1.03 bits per heavy atom. The van der Waals surface area contributed by atoms with Crippen LogP contribution in [0.15, 0.2) is 42.5 Å². The maximum absolute atomic E-state index is 13.7. The second-order valence-electron chi connectivity index (χ2n) is 8.81. The average molecular weight is 520 g/mol. The number of sulfonamides is 1. The van der Waals surface area contributed by atoms with E-state index in [-0.39, 0.29) is 24.2 Å². The van der Waals surface area contributed by atoms with E-state index in [0.29, 0.717) is 11.5 Å². The zero-order chi connectivity index (χ0) is 27.0. The van der Waals surface area contributed by atoms with Crippen molar-refractivity contribution in [3.05, 3.63) is 53.6 Å². The van der Waals surface area contributed by atoms with Crippen molar-refractivity contribution >= 4 is 27.5 Å². The molecule has 0 bridgehead atoms. The predicted octanol–water partition coefficient (Wildman–Crippen LogP) is 3.11. The third-order valence-corrected chi connectivity index (χ3v) is 7.09. The van der Waals surface area contributed by atoms with Gasteiger partial charge in [-0.1, -0.05) is 25.1 Å². The van der Waals surface area contributed by atoms with Crippen LogP contribution in [-0.2, 0) is 26.2 Å². The van der Waals surface area contributed by atoms with Crippen molar-refractivity contribution in [2.45, 2.75) is 52.7 Å². The summed E-state index contributed by atoms with van der Waals surface area (Å²) in [7, 11) is -0.859. The Kier molecular flexibility index (Phi) is 10.2. The molecule has 10 heteroatoms. The Hall–Kier alpha value is -3.27. The van der Waals surface area contributed by atoms with Crippen molar-refractivity contribution in [1.29, 1.82) is 0 Å². The van der Waals surface area contributed by atoms with Gasteiger partial charge in [0.2, 0.25) is 21.8 Å². The first-order valence-corrected chi connectivity index (χ1v) is 13.6. The molecule has 2 rings (SSSR count). The van der Waals surface area contributed by atoms with E-state index in [1.54, 1.807) is 56.5 Å². The summed E-state index contributed by atoms with van der Waals surface area (Å²) in [5.74, 6) is 0.147. The molecule has 1 N–H and O–H groups in total. The summed E-state index contributed by atoms with van der Waals surface area (Å²) in [5, 5.41) is 2.90. The molecule has 0 aliphatic carbocycles. The maximum atomic E-state index is 13.7. The lowest BCUT2D eigenvalue weighted by Gasteiger charge is -2.32. The number of aryl methyl sites for hydroxylation is 1. The lowest BCUT2D eigenvalue weighted by Crippen LogP contribution is -2.52. The molecule has 0 unspecified atom stereocenters. The molecular weight excluding hydrogens is 482 g/mol. The van der Waals surface area contributed by atoms with Gasteiger partial charge in [0.25, 0.3) is 0 Å². The van der Waals surface area contributed by atoms with Crippen LogP contribution in [0.4, 0.5) is 5.69 Å². The number of benzene rings is 2. The van der Waals surface area contributed by atoms with Crippen LogP contribution in [0.2, 0.25) is 0 Å². The van der Waals surface area contributed by atoms with Crippen LogP contribution in [0.1, 0.15) is 38.3 Å². The van der Waals surface area contributed by atoms with Crippen LogP contribution in [0.25, 0.3) is 0 Å². The molecule has 0 aromatic heterocycles. The highest BCUT2D eigenvalue weighted by Gasteiger charge is 2.31. The van der Waals surface area contributed by atoms with E-state index >= 15 is 0 Å². The van der Waals surface area contributed by atoms with Gasteiger partial charge in [0.05, 0.1) is 26.2 Å². The van der Waals surface area contributed by atoms with Crippen molar-refractivity contribution in [3.63, 3.8) is 0 Å². The minimum Gasteiger partial charge on any atom is -0.497 e. The fourth-order valence-corrected chi connectivity index (χ4v) is 4.41. The van der Waals surface area contributed by atoms with Gasteiger partial charge in [-0.3, -0.25) is 13.9 Å². The van der Waals surface area contributed by atoms with Crippen molar-refractivity contribution in [1.82, 2.24) is 10.2 Å². The van der Waals surface area contributed by atoms with Gasteiger partial charge >= 0.3 is 0 Å². The molecule has 2 aromatic rings. The molecule has 0 aliphatic rings. The number of methoxy groups -OCH3 is 2. The highest BCUT2D eigenvalue weighted by Crippen LogP contribution is 2.31. The van der Waals surface area contributed by atoms with Crippen LogP contribution in [0.3, 0.4) is 0 Å². The fourth-order valence-electron chi connectivity index (χ4n) is 3.57. The summed E-state index contributed by atoms with van der Waals surface area (Å²) < 4.78 is 37.2. The number of hydrogen-bond acceptors (Lipinski definition) is 6. The molecule has 2 aromatic carbocycles. The number of nitrogens with one attached hydrogen (secondary N) is 1. The van der Waals surface area contributed by atoms with Gasteiger partial charge in [0, 0.05) is 12.6 Å². The van der Waals surface area contributed by atoms with Crippen molar-refractivity contribution in [3.8, 4) is 11.5 Å². The molecule has 2 atom stereocenters. The highest BCUT2D eigenvalue weighted by molar-refractivity contribution is 7.92. The highest BCUT2D eigenvalue weighted by atomic mass is 32.2. The number of anilines is 1. The number of hydrogen-bond donors (Lipinski definition) is 1. The zero-order valence-electron chi connectivity index (χ0n) is 22.1. The van der Waals surface area contributed by atoms with Gasteiger partial charge in [-0.25, -0.2) is 8.42 Å². The Morgan fingerprint density at radius 2 is 1.67 bits per heavy atom. The molecule has 9 nitrogen and oxygen atoms in total. The molecule has 0 spiro atoms. The van der Waals surface area contributed by atoms with E-state index in [0.717, 1.165) is 28.1 Å². The first-order chi connectivity index (χ1) is 16.9. The molecule has 36 heavy (non-hydrogen) atoms. The Labute approximate surface area is 214 Å². The van der Waals surface area contributed by atoms with Crippen molar-refractivity contribution in [2.24, 2.45) is 0 Å². The topological polar surface area (TPSA) is 105 Å². The first kappa shape index (κ1) is 29.0. The largest absolute Gasteiger partial charge is 0.497 e. The number of rotatable bonds is 12. The van der Waals surface area contributed by atoms with Gasteiger partial charge in [-0.15, -0.1) is 0 Å². The second kappa shape index (κ2) is 12.6. The third kappa shape index (κ3) is 7.61. The van der Waals surface area contributed by atoms with Crippen LogP contribution in [0, 0.1) is 6.92 Å². The normalized spacial score (nSPS) is 12.9.